The summed E-state index contributed by atoms with van der Waals surface area (Å²) in [6.07, 6.45) is 0.703. The molecule has 0 saturated carbocycles. The molecule has 0 radical (unpaired) electrons. The van der Waals surface area contributed by atoms with E-state index in [1.54, 1.807) is 24.3 Å². The molecule has 2 heterocycles. The van der Waals surface area contributed by atoms with Crippen LogP contribution in [0.4, 0.5) is 32.1 Å². The first-order valence-corrected chi connectivity index (χ1v) is 10.7. The van der Waals surface area contributed by atoms with Gasteiger partial charge < -0.3 is 5.32 Å². The third kappa shape index (κ3) is 4.16. The number of hydrogen-bond donors (Lipinski definition) is 1. The summed E-state index contributed by atoms with van der Waals surface area (Å²) in [6, 6.07) is 16.1. The van der Waals surface area contributed by atoms with Crippen molar-refractivity contribution in [2.45, 2.75) is 26.8 Å². The van der Waals surface area contributed by atoms with Gasteiger partial charge in [-0.05, 0) is 48.9 Å². The Morgan fingerprint density at radius 2 is 1.91 bits per heavy atom. The fraction of sp³-hybridized carbons (Fsp3) is 0.208. The number of nitrogens with one attached hydrogen (secondary N) is 1. The molecule has 1 aliphatic rings. The third-order valence-electron chi connectivity index (χ3n) is 5.45. The number of urea groups is 1. The number of rotatable bonds is 5. The molecular formula is C24H22ClFN4O2. The van der Waals surface area contributed by atoms with Crippen LogP contribution in [0.15, 0.2) is 60.7 Å². The summed E-state index contributed by atoms with van der Waals surface area (Å²) in [5.74, 6) is -0.486. The average Bonchev–Trinajstić information content (AvgIpc) is 2.80. The summed E-state index contributed by atoms with van der Waals surface area (Å²) in [5, 5.41) is 3.13. The van der Waals surface area contributed by atoms with Crippen molar-refractivity contribution < 1.29 is 14.0 Å². The standard InChI is InChI=1S/C24H22ClFN4O2/c1-3-15(2)23(31)28-22-12-11-20-19(27-22)14-29(21-13-16(25)9-10-18(21)26)24(32)30(20)17-7-5-4-6-8-17/h4-13,15H,3,14H2,1-2H3,(H,27,28,31)/t15-/m1/s1. The van der Waals surface area contributed by atoms with Crippen LogP contribution in [0.1, 0.15) is 26.0 Å². The van der Waals surface area contributed by atoms with Crippen LogP contribution in [0.3, 0.4) is 0 Å². The van der Waals surface area contributed by atoms with Crippen molar-refractivity contribution in [3.8, 4) is 0 Å². The number of hydrogen-bond acceptors (Lipinski definition) is 3. The second-order valence-electron chi connectivity index (χ2n) is 7.60. The number of pyridine rings is 1. The normalized spacial score (nSPS) is 14.2. The molecule has 3 amide bonds. The Balaban J connectivity index is 1.80. The summed E-state index contributed by atoms with van der Waals surface area (Å²) in [4.78, 5) is 33.2. The Kier molecular flexibility index (Phi) is 6.10. The number of nitrogens with zero attached hydrogens (tertiary/aromatic N) is 3. The van der Waals surface area contributed by atoms with Gasteiger partial charge in [0.05, 0.1) is 29.3 Å². The number of halogens is 2. The lowest BCUT2D eigenvalue weighted by atomic mass is 10.1. The molecule has 6 nitrogen and oxygen atoms in total. The van der Waals surface area contributed by atoms with E-state index in [1.165, 1.54) is 28.0 Å². The second-order valence-corrected chi connectivity index (χ2v) is 8.03. The van der Waals surface area contributed by atoms with Crippen LogP contribution in [-0.2, 0) is 11.3 Å². The molecule has 0 unspecified atom stereocenters. The highest BCUT2D eigenvalue weighted by Crippen LogP contribution is 2.38. The van der Waals surface area contributed by atoms with Crippen LogP contribution in [-0.4, -0.2) is 16.9 Å². The van der Waals surface area contributed by atoms with Crippen LogP contribution in [0.2, 0.25) is 5.02 Å². The summed E-state index contributed by atoms with van der Waals surface area (Å²) >= 11 is 6.08. The van der Waals surface area contributed by atoms with Gasteiger partial charge in [-0.15, -0.1) is 0 Å². The van der Waals surface area contributed by atoms with Gasteiger partial charge in [0.25, 0.3) is 0 Å². The molecule has 2 aromatic carbocycles. The highest BCUT2D eigenvalue weighted by atomic mass is 35.5. The van der Waals surface area contributed by atoms with Crippen molar-refractivity contribution >= 4 is 46.4 Å². The van der Waals surface area contributed by atoms with Crippen LogP contribution in [0.25, 0.3) is 0 Å². The van der Waals surface area contributed by atoms with Gasteiger partial charge >= 0.3 is 6.03 Å². The summed E-state index contributed by atoms with van der Waals surface area (Å²) < 4.78 is 14.7. The van der Waals surface area contributed by atoms with E-state index < -0.39 is 11.8 Å². The highest BCUT2D eigenvalue weighted by molar-refractivity contribution is 6.31. The van der Waals surface area contributed by atoms with Gasteiger partial charge in [0, 0.05) is 10.9 Å². The summed E-state index contributed by atoms with van der Waals surface area (Å²) in [5.41, 5.74) is 1.77. The lowest BCUT2D eigenvalue weighted by Gasteiger charge is -2.36. The van der Waals surface area contributed by atoms with E-state index in [0.29, 0.717) is 34.3 Å². The molecule has 1 aliphatic heterocycles. The molecule has 32 heavy (non-hydrogen) atoms. The molecule has 3 aromatic rings. The van der Waals surface area contributed by atoms with Crippen molar-refractivity contribution in [3.05, 3.63) is 77.2 Å². The molecule has 1 N–H and O–H groups in total. The molecule has 164 valence electrons. The third-order valence-corrected chi connectivity index (χ3v) is 5.68. The zero-order chi connectivity index (χ0) is 22.8. The molecule has 0 fully saturated rings. The van der Waals surface area contributed by atoms with Gasteiger partial charge in [-0.3, -0.25) is 14.6 Å². The second kappa shape index (κ2) is 8.96. The van der Waals surface area contributed by atoms with Crippen LogP contribution < -0.4 is 15.1 Å². The fourth-order valence-electron chi connectivity index (χ4n) is 3.47. The Bertz CT molecular complexity index is 1170. The number of anilines is 4. The molecule has 0 spiro atoms. The van der Waals surface area contributed by atoms with Gasteiger partial charge in [0.1, 0.15) is 11.6 Å². The molecule has 4 rings (SSSR count). The van der Waals surface area contributed by atoms with E-state index in [-0.39, 0.29) is 24.1 Å². The summed E-state index contributed by atoms with van der Waals surface area (Å²) in [7, 11) is 0. The monoisotopic (exact) mass is 452 g/mol. The number of carbonyl (C=O) groups is 2. The van der Waals surface area contributed by atoms with Crippen molar-refractivity contribution in [1.82, 2.24) is 4.98 Å². The smallest absolute Gasteiger partial charge is 0.310 e. The van der Waals surface area contributed by atoms with Crippen LogP contribution in [0, 0.1) is 11.7 Å². The van der Waals surface area contributed by atoms with Crippen molar-refractivity contribution in [3.63, 3.8) is 0 Å². The first-order valence-electron chi connectivity index (χ1n) is 10.3. The topological polar surface area (TPSA) is 65.5 Å². The molecular weight excluding hydrogens is 431 g/mol. The molecule has 0 aliphatic carbocycles. The summed E-state index contributed by atoms with van der Waals surface area (Å²) in [6.45, 7) is 3.81. The van der Waals surface area contributed by atoms with E-state index in [9.17, 15) is 14.0 Å². The van der Waals surface area contributed by atoms with Gasteiger partial charge in [0.2, 0.25) is 5.91 Å². The van der Waals surface area contributed by atoms with E-state index in [1.807, 2.05) is 32.0 Å². The minimum atomic E-state index is -0.569. The fourth-order valence-corrected chi connectivity index (χ4v) is 3.63. The minimum Gasteiger partial charge on any atom is -0.310 e. The van der Waals surface area contributed by atoms with Gasteiger partial charge in [-0.1, -0.05) is 43.6 Å². The maximum Gasteiger partial charge on any atom is 0.334 e. The number of carbonyl (C=O) groups excluding carboxylic acids is 2. The molecule has 1 aromatic heterocycles. The molecule has 8 heteroatoms. The zero-order valence-electron chi connectivity index (χ0n) is 17.7. The van der Waals surface area contributed by atoms with E-state index in [4.69, 9.17) is 11.6 Å². The number of aromatic nitrogens is 1. The Morgan fingerprint density at radius 3 is 2.62 bits per heavy atom. The predicted molar refractivity (Wildman–Crippen MR) is 124 cm³/mol. The maximum absolute atomic E-state index is 14.7. The highest BCUT2D eigenvalue weighted by Gasteiger charge is 2.35. The van der Waals surface area contributed by atoms with E-state index in [0.717, 1.165) is 0 Å². The Hall–Kier alpha value is -3.45. The number of amides is 3. The van der Waals surface area contributed by atoms with Crippen molar-refractivity contribution in [2.24, 2.45) is 5.92 Å². The SMILES string of the molecule is CC[C@@H](C)C(=O)Nc1ccc2c(n1)CN(c1cc(Cl)ccc1F)C(=O)N2c1ccccc1. The average molecular weight is 453 g/mol. The van der Waals surface area contributed by atoms with E-state index >= 15 is 0 Å². The minimum absolute atomic E-state index is 0.0296. The lowest BCUT2D eigenvalue weighted by Crippen LogP contribution is -2.45. The van der Waals surface area contributed by atoms with Crippen molar-refractivity contribution in [2.75, 3.05) is 15.1 Å². The molecule has 0 saturated heterocycles. The lowest BCUT2D eigenvalue weighted by molar-refractivity contribution is -0.119. The first kappa shape index (κ1) is 21.8. The quantitative estimate of drug-likeness (QED) is 0.505. The first-order chi connectivity index (χ1) is 15.4. The predicted octanol–water partition coefficient (Wildman–Crippen LogP) is 6.14. The van der Waals surface area contributed by atoms with E-state index in [2.05, 4.69) is 10.3 Å². The molecule has 1 atom stereocenters. The zero-order valence-corrected chi connectivity index (χ0v) is 18.4. The number of para-hydroxylation sites is 1. The van der Waals surface area contributed by atoms with Gasteiger partial charge in [-0.2, -0.15) is 0 Å². The van der Waals surface area contributed by atoms with Gasteiger partial charge in [-0.25, -0.2) is 14.2 Å². The Labute approximate surface area is 190 Å². The molecule has 0 bridgehead atoms. The number of fused-ring (bicyclic) bond motifs is 1. The number of benzene rings is 2. The van der Waals surface area contributed by atoms with Crippen LogP contribution >= 0.6 is 11.6 Å². The largest absolute Gasteiger partial charge is 0.334 e. The van der Waals surface area contributed by atoms with Crippen LogP contribution in [0.5, 0.6) is 0 Å². The van der Waals surface area contributed by atoms with Crippen molar-refractivity contribution in [1.29, 1.82) is 0 Å². The van der Waals surface area contributed by atoms with Gasteiger partial charge in [0.15, 0.2) is 0 Å². The maximum atomic E-state index is 14.7. The Morgan fingerprint density at radius 1 is 1.16 bits per heavy atom.